The lowest BCUT2D eigenvalue weighted by atomic mass is 10.2. The third-order valence-corrected chi connectivity index (χ3v) is 2.94. The van der Waals surface area contributed by atoms with E-state index in [-0.39, 0.29) is 0 Å². The van der Waals surface area contributed by atoms with Crippen LogP contribution in [-0.2, 0) is 0 Å². The Kier molecular flexibility index (Phi) is 3.72. The van der Waals surface area contributed by atoms with E-state index in [9.17, 15) is 0 Å². The van der Waals surface area contributed by atoms with Crippen LogP contribution in [0.2, 0.25) is 0 Å². The van der Waals surface area contributed by atoms with Gasteiger partial charge in [0.15, 0.2) is 5.82 Å². The van der Waals surface area contributed by atoms with Crippen molar-refractivity contribution in [1.82, 2.24) is 10.2 Å². The summed E-state index contributed by atoms with van der Waals surface area (Å²) in [7, 11) is 0. The maximum Gasteiger partial charge on any atom is 0.159 e. The van der Waals surface area contributed by atoms with Crippen molar-refractivity contribution in [3.8, 4) is 0 Å². The summed E-state index contributed by atoms with van der Waals surface area (Å²) in [5.74, 6) is 0.972. The molecule has 16 heavy (non-hydrogen) atoms. The zero-order chi connectivity index (χ0) is 11.4. The summed E-state index contributed by atoms with van der Waals surface area (Å²) in [6.07, 6.45) is 1.81. The first-order valence-corrected chi connectivity index (χ1v) is 6.50. The molecule has 0 unspecified atom stereocenters. The second-order valence-electron chi connectivity index (χ2n) is 3.52. The van der Waals surface area contributed by atoms with Crippen molar-refractivity contribution in [2.75, 3.05) is 23.3 Å². The molecule has 0 N–H and O–H groups in total. The molecule has 0 amide bonds. The van der Waals surface area contributed by atoms with Gasteiger partial charge in [-0.3, -0.25) is 0 Å². The SMILES string of the molecule is CCN(CCBr)c1nncc2ccccc12. The molecule has 2 aromatic rings. The van der Waals surface area contributed by atoms with Crippen molar-refractivity contribution in [2.45, 2.75) is 6.92 Å². The molecule has 0 spiro atoms. The van der Waals surface area contributed by atoms with E-state index in [0.717, 1.165) is 29.6 Å². The summed E-state index contributed by atoms with van der Waals surface area (Å²) < 4.78 is 0. The number of rotatable bonds is 4. The minimum atomic E-state index is 0.936. The molecule has 0 radical (unpaired) electrons. The second-order valence-corrected chi connectivity index (χ2v) is 4.32. The van der Waals surface area contributed by atoms with E-state index in [0.29, 0.717) is 0 Å². The van der Waals surface area contributed by atoms with Crippen LogP contribution < -0.4 is 4.90 Å². The van der Waals surface area contributed by atoms with E-state index < -0.39 is 0 Å². The van der Waals surface area contributed by atoms with Crippen molar-refractivity contribution >= 4 is 32.5 Å². The maximum absolute atomic E-state index is 4.25. The molecule has 84 valence electrons. The normalized spacial score (nSPS) is 10.6. The van der Waals surface area contributed by atoms with Gasteiger partial charge >= 0.3 is 0 Å². The summed E-state index contributed by atoms with van der Waals surface area (Å²) in [5, 5.41) is 11.6. The van der Waals surface area contributed by atoms with Crippen LogP contribution in [0.3, 0.4) is 0 Å². The van der Waals surface area contributed by atoms with E-state index in [1.54, 1.807) is 6.20 Å². The van der Waals surface area contributed by atoms with Gasteiger partial charge in [0, 0.05) is 29.2 Å². The van der Waals surface area contributed by atoms with Crippen molar-refractivity contribution in [3.05, 3.63) is 30.5 Å². The number of alkyl halides is 1. The van der Waals surface area contributed by atoms with E-state index in [1.807, 2.05) is 12.1 Å². The number of aromatic nitrogens is 2. The predicted octanol–water partition coefficient (Wildman–Crippen LogP) is 2.85. The smallest absolute Gasteiger partial charge is 0.159 e. The Morgan fingerprint density at radius 2 is 2.12 bits per heavy atom. The zero-order valence-corrected chi connectivity index (χ0v) is 10.8. The quantitative estimate of drug-likeness (QED) is 0.806. The van der Waals surface area contributed by atoms with Crippen LogP contribution in [0.4, 0.5) is 5.82 Å². The molecule has 0 bridgehead atoms. The topological polar surface area (TPSA) is 29.0 Å². The fourth-order valence-electron chi connectivity index (χ4n) is 1.76. The molecule has 0 aliphatic heterocycles. The van der Waals surface area contributed by atoms with E-state index >= 15 is 0 Å². The highest BCUT2D eigenvalue weighted by Gasteiger charge is 2.09. The molecule has 4 heteroatoms. The van der Waals surface area contributed by atoms with Crippen molar-refractivity contribution in [1.29, 1.82) is 0 Å². The first-order valence-electron chi connectivity index (χ1n) is 5.38. The Balaban J connectivity index is 2.50. The Hall–Kier alpha value is -1.16. The third kappa shape index (κ3) is 2.16. The largest absolute Gasteiger partial charge is 0.354 e. The number of nitrogens with zero attached hydrogens (tertiary/aromatic N) is 3. The summed E-state index contributed by atoms with van der Waals surface area (Å²) in [6, 6.07) is 8.22. The third-order valence-electron chi connectivity index (χ3n) is 2.59. The molecule has 0 fully saturated rings. The molecular weight excluding hydrogens is 266 g/mol. The lowest BCUT2D eigenvalue weighted by Crippen LogP contribution is -2.26. The van der Waals surface area contributed by atoms with Crippen LogP contribution >= 0.6 is 15.9 Å². The minimum absolute atomic E-state index is 0.936. The van der Waals surface area contributed by atoms with Gasteiger partial charge in [-0.25, -0.2) is 0 Å². The first kappa shape index (κ1) is 11.3. The highest BCUT2D eigenvalue weighted by Crippen LogP contribution is 2.22. The highest BCUT2D eigenvalue weighted by molar-refractivity contribution is 9.09. The van der Waals surface area contributed by atoms with Crippen LogP contribution in [0, 0.1) is 0 Å². The molecule has 1 aromatic heterocycles. The molecular formula is C12H14BrN3. The predicted molar refractivity (Wildman–Crippen MR) is 71.2 cm³/mol. The van der Waals surface area contributed by atoms with Gasteiger partial charge in [0.25, 0.3) is 0 Å². The fraction of sp³-hybridized carbons (Fsp3) is 0.333. The summed E-state index contributed by atoms with van der Waals surface area (Å²) in [4.78, 5) is 2.23. The lowest BCUT2D eigenvalue weighted by Gasteiger charge is -2.21. The average molecular weight is 280 g/mol. The van der Waals surface area contributed by atoms with Gasteiger partial charge in [-0.1, -0.05) is 40.2 Å². The minimum Gasteiger partial charge on any atom is -0.354 e. The molecule has 3 nitrogen and oxygen atoms in total. The number of hydrogen-bond donors (Lipinski definition) is 0. The Bertz CT molecular complexity index is 467. The molecule has 0 aliphatic carbocycles. The molecule has 0 aliphatic rings. The van der Waals surface area contributed by atoms with Crippen LogP contribution in [0.1, 0.15) is 6.92 Å². The van der Waals surface area contributed by atoms with E-state index in [2.05, 4.69) is 50.1 Å². The Morgan fingerprint density at radius 3 is 2.88 bits per heavy atom. The number of benzene rings is 1. The van der Waals surface area contributed by atoms with Crippen molar-refractivity contribution < 1.29 is 0 Å². The maximum atomic E-state index is 4.25. The van der Waals surface area contributed by atoms with Gasteiger partial charge in [-0.15, -0.1) is 5.10 Å². The van der Waals surface area contributed by atoms with Gasteiger partial charge in [-0.2, -0.15) is 5.10 Å². The number of fused-ring (bicyclic) bond motifs is 1. The summed E-state index contributed by atoms with van der Waals surface area (Å²) in [5.41, 5.74) is 0. The van der Waals surface area contributed by atoms with Gasteiger partial charge in [0.05, 0.1) is 6.20 Å². The molecule has 1 aromatic carbocycles. The standard InChI is InChI=1S/C12H14BrN3/c1-2-16(8-7-13)12-11-6-4-3-5-10(11)9-14-15-12/h3-6,9H,2,7-8H2,1H3. The van der Waals surface area contributed by atoms with Gasteiger partial charge in [0.1, 0.15) is 0 Å². The second kappa shape index (κ2) is 5.25. The Labute approximate surface area is 104 Å². The van der Waals surface area contributed by atoms with Gasteiger partial charge in [0.2, 0.25) is 0 Å². The van der Waals surface area contributed by atoms with Crippen LogP contribution in [0.5, 0.6) is 0 Å². The average Bonchev–Trinajstić information content (AvgIpc) is 2.35. The van der Waals surface area contributed by atoms with Gasteiger partial charge < -0.3 is 4.90 Å². The molecule has 1 heterocycles. The van der Waals surface area contributed by atoms with Crippen molar-refractivity contribution in [3.63, 3.8) is 0 Å². The van der Waals surface area contributed by atoms with Crippen LogP contribution in [0.15, 0.2) is 30.5 Å². The molecule has 0 atom stereocenters. The molecule has 0 saturated heterocycles. The molecule has 0 saturated carbocycles. The van der Waals surface area contributed by atoms with E-state index in [1.165, 1.54) is 5.39 Å². The van der Waals surface area contributed by atoms with E-state index in [4.69, 9.17) is 0 Å². The van der Waals surface area contributed by atoms with Crippen molar-refractivity contribution in [2.24, 2.45) is 0 Å². The number of halogens is 1. The van der Waals surface area contributed by atoms with Crippen LogP contribution in [-0.4, -0.2) is 28.6 Å². The lowest BCUT2D eigenvalue weighted by molar-refractivity contribution is 0.839. The fourth-order valence-corrected chi connectivity index (χ4v) is 2.19. The summed E-state index contributed by atoms with van der Waals surface area (Å²) in [6.45, 7) is 4.01. The van der Waals surface area contributed by atoms with Gasteiger partial charge in [-0.05, 0) is 6.92 Å². The summed E-state index contributed by atoms with van der Waals surface area (Å²) >= 11 is 3.46. The number of hydrogen-bond acceptors (Lipinski definition) is 3. The highest BCUT2D eigenvalue weighted by atomic mass is 79.9. The molecule has 2 rings (SSSR count). The monoisotopic (exact) mass is 279 g/mol. The van der Waals surface area contributed by atoms with Crippen LogP contribution in [0.25, 0.3) is 10.8 Å². The Morgan fingerprint density at radius 1 is 1.31 bits per heavy atom. The number of anilines is 1. The zero-order valence-electron chi connectivity index (χ0n) is 9.23. The first-order chi connectivity index (χ1) is 7.86.